The maximum atomic E-state index is 6.56. The Balaban J connectivity index is 1.44. The predicted molar refractivity (Wildman–Crippen MR) is 120 cm³/mol. The van der Waals surface area contributed by atoms with E-state index >= 15 is 0 Å². The first-order valence-electron chi connectivity index (χ1n) is 12.6. The van der Waals surface area contributed by atoms with Crippen molar-refractivity contribution in [1.29, 1.82) is 0 Å². The molecule has 31 heavy (non-hydrogen) atoms. The lowest BCUT2D eigenvalue weighted by atomic mass is 9.47. The van der Waals surface area contributed by atoms with Gasteiger partial charge in [-0.05, 0) is 85.8 Å². The van der Waals surface area contributed by atoms with Crippen LogP contribution in [0, 0.1) is 17.8 Å². The molecule has 2 saturated heterocycles. The highest BCUT2D eigenvalue weighted by Crippen LogP contribution is 2.63. The molecule has 0 N–H and O–H groups in total. The van der Waals surface area contributed by atoms with Crippen LogP contribution in [0.15, 0.2) is 12.1 Å². The molecule has 4 saturated carbocycles. The quantitative estimate of drug-likeness (QED) is 0.496. The Morgan fingerprint density at radius 2 is 1.32 bits per heavy atom. The summed E-state index contributed by atoms with van der Waals surface area (Å²) >= 11 is 0. The molecule has 2 heterocycles. The van der Waals surface area contributed by atoms with Crippen LogP contribution >= 0.6 is 0 Å². The standard InChI is InChI=1S/C27H38O4/c1-4-26(2,3)20-8-23(30-15-21-13-28-21)25(24(9-20)31-16-22-14-29-22)27-10-17-5-18(11-27)7-19(6-17)12-27/h8-9,17-19,21-22H,4-7,10-16H2,1-3H3. The van der Waals surface area contributed by atoms with Crippen molar-refractivity contribution < 1.29 is 18.9 Å². The van der Waals surface area contributed by atoms with Crippen molar-refractivity contribution in [1.82, 2.24) is 0 Å². The van der Waals surface area contributed by atoms with Crippen molar-refractivity contribution in [3.63, 3.8) is 0 Å². The molecule has 4 bridgehead atoms. The van der Waals surface area contributed by atoms with E-state index in [-0.39, 0.29) is 23.0 Å². The summed E-state index contributed by atoms with van der Waals surface area (Å²) in [5, 5.41) is 0. The fraction of sp³-hybridized carbons (Fsp3) is 0.778. The molecule has 0 aromatic heterocycles. The van der Waals surface area contributed by atoms with E-state index in [0.717, 1.165) is 48.9 Å². The van der Waals surface area contributed by atoms with Gasteiger partial charge in [-0.3, -0.25) is 0 Å². The van der Waals surface area contributed by atoms with E-state index in [1.165, 1.54) is 49.7 Å². The van der Waals surface area contributed by atoms with E-state index in [1.54, 1.807) is 0 Å². The van der Waals surface area contributed by atoms with E-state index in [0.29, 0.717) is 13.2 Å². The molecule has 6 fully saturated rings. The maximum Gasteiger partial charge on any atom is 0.127 e. The fourth-order valence-corrected chi connectivity index (χ4v) is 7.05. The molecule has 7 rings (SSSR count). The van der Waals surface area contributed by atoms with Crippen LogP contribution in [0.4, 0.5) is 0 Å². The summed E-state index contributed by atoms with van der Waals surface area (Å²) in [6.07, 6.45) is 9.86. The van der Waals surface area contributed by atoms with Gasteiger partial charge in [0.25, 0.3) is 0 Å². The SMILES string of the molecule is CCC(C)(C)c1cc(OCC2CO2)c(C23CC4CC(CC(C4)C2)C3)c(OCC2CO2)c1. The normalized spacial score (nSPS) is 37.7. The molecule has 170 valence electrons. The number of epoxide rings is 2. The van der Waals surface area contributed by atoms with E-state index in [4.69, 9.17) is 18.9 Å². The van der Waals surface area contributed by atoms with Crippen LogP contribution in [-0.2, 0) is 20.3 Å². The molecular weight excluding hydrogens is 388 g/mol. The molecule has 2 aliphatic heterocycles. The zero-order chi connectivity index (χ0) is 21.2. The molecule has 0 amide bonds. The zero-order valence-corrected chi connectivity index (χ0v) is 19.5. The Kier molecular flexibility index (Phi) is 4.85. The Bertz CT molecular complexity index is 763. The minimum Gasteiger partial charge on any atom is -0.490 e. The van der Waals surface area contributed by atoms with Crippen LogP contribution in [-0.4, -0.2) is 38.6 Å². The highest BCUT2D eigenvalue weighted by molar-refractivity contribution is 5.55. The average Bonchev–Trinajstić information content (AvgIpc) is 3.64. The summed E-state index contributed by atoms with van der Waals surface area (Å²) in [4.78, 5) is 0. The number of hydrogen-bond donors (Lipinski definition) is 0. The topological polar surface area (TPSA) is 43.5 Å². The van der Waals surface area contributed by atoms with Crippen LogP contribution in [0.25, 0.3) is 0 Å². The van der Waals surface area contributed by atoms with Crippen molar-refractivity contribution in [2.75, 3.05) is 26.4 Å². The van der Waals surface area contributed by atoms with Crippen molar-refractivity contribution in [3.8, 4) is 11.5 Å². The fourth-order valence-electron chi connectivity index (χ4n) is 7.05. The van der Waals surface area contributed by atoms with Crippen LogP contribution in [0.5, 0.6) is 11.5 Å². The van der Waals surface area contributed by atoms with Crippen molar-refractivity contribution >= 4 is 0 Å². The third-order valence-corrected chi connectivity index (χ3v) is 8.95. The third-order valence-electron chi connectivity index (χ3n) is 8.95. The second-order valence-corrected chi connectivity index (χ2v) is 11.8. The van der Waals surface area contributed by atoms with Crippen LogP contribution in [0.2, 0.25) is 0 Å². The highest BCUT2D eigenvalue weighted by Gasteiger charge is 2.54. The molecule has 1 aromatic carbocycles. The van der Waals surface area contributed by atoms with Gasteiger partial charge in [-0.2, -0.15) is 0 Å². The smallest absolute Gasteiger partial charge is 0.127 e. The van der Waals surface area contributed by atoms with E-state index in [1.807, 2.05) is 0 Å². The molecular formula is C27H38O4. The van der Waals surface area contributed by atoms with Crippen molar-refractivity contribution in [3.05, 3.63) is 23.3 Å². The highest BCUT2D eigenvalue weighted by atomic mass is 16.6. The maximum absolute atomic E-state index is 6.56. The number of ether oxygens (including phenoxy) is 4. The van der Waals surface area contributed by atoms with Gasteiger partial charge in [-0.25, -0.2) is 0 Å². The molecule has 0 spiro atoms. The van der Waals surface area contributed by atoms with Gasteiger partial charge in [0.15, 0.2) is 0 Å². The molecule has 0 radical (unpaired) electrons. The Morgan fingerprint density at radius 1 is 0.871 bits per heavy atom. The van der Waals surface area contributed by atoms with Gasteiger partial charge >= 0.3 is 0 Å². The van der Waals surface area contributed by atoms with Crippen molar-refractivity contribution in [2.45, 2.75) is 88.8 Å². The zero-order valence-electron chi connectivity index (χ0n) is 19.5. The van der Waals surface area contributed by atoms with E-state index in [9.17, 15) is 0 Å². The Labute approximate surface area is 187 Å². The van der Waals surface area contributed by atoms with Gasteiger partial charge in [0.05, 0.1) is 13.2 Å². The number of hydrogen-bond acceptors (Lipinski definition) is 4. The predicted octanol–water partition coefficient (Wildman–Crippen LogP) is 5.40. The summed E-state index contributed by atoms with van der Waals surface area (Å²) in [6, 6.07) is 4.70. The average molecular weight is 427 g/mol. The van der Waals surface area contributed by atoms with Crippen LogP contribution in [0.3, 0.4) is 0 Å². The monoisotopic (exact) mass is 426 g/mol. The van der Waals surface area contributed by atoms with Gasteiger partial charge in [0.1, 0.15) is 36.9 Å². The minimum atomic E-state index is 0.0857. The summed E-state index contributed by atoms with van der Waals surface area (Å²) in [7, 11) is 0. The first-order chi connectivity index (χ1) is 14.9. The number of rotatable bonds is 9. The summed E-state index contributed by atoms with van der Waals surface area (Å²) in [6.45, 7) is 9.89. The second-order valence-electron chi connectivity index (χ2n) is 11.8. The molecule has 4 aliphatic carbocycles. The second kappa shape index (κ2) is 7.38. The van der Waals surface area contributed by atoms with Gasteiger partial charge in [-0.1, -0.05) is 20.8 Å². The van der Waals surface area contributed by atoms with E-state index in [2.05, 4.69) is 32.9 Å². The van der Waals surface area contributed by atoms with Gasteiger partial charge in [0.2, 0.25) is 0 Å². The Morgan fingerprint density at radius 3 is 1.71 bits per heavy atom. The van der Waals surface area contributed by atoms with Gasteiger partial charge in [0, 0.05) is 11.0 Å². The van der Waals surface area contributed by atoms with Crippen molar-refractivity contribution in [2.24, 2.45) is 17.8 Å². The largest absolute Gasteiger partial charge is 0.490 e. The molecule has 2 atom stereocenters. The molecule has 6 aliphatic rings. The molecule has 1 aromatic rings. The lowest BCUT2D eigenvalue weighted by Gasteiger charge is -2.57. The lowest BCUT2D eigenvalue weighted by Crippen LogP contribution is -2.49. The first kappa shape index (κ1) is 20.4. The summed E-state index contributed by atoms with van der Waals surface area (Å²) < 4.78 is 24.1. The van der Waals surface area contributed by atoms with Crippen LogP contribution in [0.1, 0.15) is 76.8 Å². The van der Waals surface area contributed by atoms with Gasteiger partial charge < -0.3 is 18.9 Å². The first-order valence-corrected chi connectivity index (χ1v) is 12.6. The molecule has 4 heteroatoms. The molecule has 4 nitrogen and oxygen atoms in total. The summed E-state index contributed by atoms with van der Waals surface area (Å²) in [5.41, 5.74) is 3.01. The summed E-state index contributed by atoms with van der Waals surface area (Å²) in [5.74, 6) is 4.80. The Hall–Kier alpha value is -1.26. The minimum absolute atomic E-state index is 0.0857. The lowest BCUT2D eigenvalue weighted by molar-refractivity contribution is -0.00779. The number of benzene rings is 1. The third kappa shape index (κ3) is 3.88. The van der Waals surface area contributed by atoms with Gasteiger partial charge in [-0.15, -0.1) is 0 Å². The molecule has 2 unspecified atom stereocenters. The van der Waals surface area contributed by atoms with E-state index < -0.39 is 0 Å². The van der Waals surface area contributed by atoms with Crippen LogP contribution < -0.4 is 9.47 Å².